The van der Waals surface area contributed by atoms with Gasteiger partial charge in [-0.05, 0) is 30.0 Å². The van der Waals surface area contributed by atoms with Gasteiger partial charge in [0.15, 0.2) is 0 Å². The summed E-state index contributed by atoms with van der Waals surface area (Å²) in [6.07, 6.45) is 0.884. The Morgan fingerprint density at radius 1 is 1.14 bits per heavy atom. The van der Waals surface area contributed by atoms with Gasteiger partial charge in [-0.2, -0.15) is 0 Å². The summed E-state index contributed by atoms with van der Waals surface area (Å²) in [7, 11) is 0. The first-order chi connectivity index (χ1) is 10.2. The third-order valence-electron chi connectivity index (χ3n) is 4.02. The normalized spacial score (nSPS) is 19.0. The molecule has 0 spiro atoms. The Bertz CT molecular complexity index is 639. The van der Waals surface area contributed by atoms with Crippen LogP contribution in [0.15, 0.2) is 54.6 Å². The number of carbonyl (C=O) groups is 1. The molecule has 0 aliphatic carbocycles. The van der Waals surface area contributed by atoms with Gasteiger partial charge in [-0.15, -0.1) is 11.6 Å². The van der Waals surface area contributed by atoms with E-state index in [1.54, 1.807) is 6.92 Å². The van der Waals surface area contributed by atoms with E-state index in [-0.39, 0.29) is 11.9 Å². The molecule has 21 heavy (non-hydrogen) atoms. The van der Waals surface area contributed by atoms with Crippen molar-refractivity contribution in [2.75, 3.05) is 6.54 Å². The van der Waals surface area contributed by atoms with Gasteiger partial charge in [0.05, 0.1) is 6.04 Å². The number of alkyl halides is 1. The molecular weight excluding hydrogens is 282 g/mol. The van der Waals surface area contributed by atoms with Gasteiger partial charge in [0.25, 0.3) is 0 Å². The fourth-order valence-electron chi connectivity index (χ4n) is 3.03. The Morgan fingerprint density at radius 3 is 2.52 bits per heavy atom. The lowest BCUT2D eigenvalue weighted by Crippen LogP contribution is -2.43. The third kappa shape index (κ3) is 2.68. The van der Waals surface area contributed by atoms with Crippen molar-refractivity contribution in [2.45, 2.75) is 24.8 Å². The Hall–Kier alpha value is -1.80. The molecule has 3 rings (SSSR count). The van der Waals surface area contributed by atoms with Crippen LogP contribution in [-0.4, -0.2) is 22.7 Å². The first kappa shape index (κ1) is 14.2. The first-order valence-electron chi connectivity index (χ1n) is 7.26. The van der Waals surface area contributed by atoms with E-state index in [1.807, 2.05) is 29.2 Å². The van der Waals surface area contributed by atoms with Crippen molar-refractivity contribution in [1.29, 1.82) is 0 Å². The van der Waals surface area contributed by atoms with Gasteiger partial charge in [0, 0.05) is 6.54 Å². The lowest BCUT2D eigenvalue weighted by Gasteiger charge is -2.38. The van der Waals surface area contributed by atoms with Crippen LogP contribution in [0.5, 0.6) is 0 Å². The van der Waals surface area contributed by atoms with Crippen LogP contribution >= 0.6 is 11.6 Å². The summed E-state index contributed by atoms with van der Waals surface area (Å²) in [5.74, 6) is 0.0000211. The van der Waals surface area contributed by atoms with Crippen molar-refractivity contribution in [3.63, 3.8) is 0 Å². The molecule has 2 nitrogen and oxygen atoms in total. The third-order valence-corrected chi connectivity index (χ3v) is 4.21. The number of amides is 1. The second-order valence-electron chi connectivity index (χ2n) is 5.41. The van der Waals surface area contributed by atoms with Crippen molar-refractivity contribution in [3.8, 4) is 0 Å². The van der Waals surface area contributed by atoms with E-state index < -0.39 is 5.38 Å². The standard InChI is InChI=1S/C18H18ClNO/c1-13(19)18(21)20-12-11-14-7-5-6-10-16(14)17(20)15-8-3-2-4-9-15/h2-10,13,17H,11-12H2,1H3. The minimum absolute atomic E-state index is 0.0000211. The van der Waals surface area contributed by atoms with Crippen LogP contribution in [0.2, 0.25) is 0 Å². The van der Waals surface area contributed by atoms with E-state index in [0.717, 1.165) is 12.0 Å². The molecule has 1 aliphatic rings. The van der Waals surface area contributed by atoms with Crippen molar-refractivity contribution >= 4 is 17.5 Å². The van der Waals surface area contributed by atoms with Crippen molar-refractivity contribution in [3.05, 3.63) is 71.3 Å². The van der Waals surface area contributed by atoms with Crippen LogP contribution in [-0.2, 0) is 11.2 Å². The molecule has 1 aliphatic heterocycles. The maximum absolute atomic E-state index is 12.5. The monoisotopic (exact) mass is 299 g/mol. The Balaban J connectivity index is 2.09. The van der Waals surface area contributed by atoms with E-state index in [2.05, 4.69) is 30.3 Å². The number of hydrogen-bond acceptors (Lipinski definition) is 1. The van der Waals surface area contributed by atoms with Gasteiger partial charge < -0.3 is 4.90 Å². The lowest BCUT2D eigenvalue weighted by molar-refractivity contribution is -0.132. The molecule has 0 saturated heterocycles. The Labute approximate surface area is 130 Å². The molecular formula is C18H18ClNO. The highest BCUT2D eigenvalue weighted by Crippen LogP contribution is 2.35. The molecule has 2 aromatic rings. The topological polar surface area (TPSA) is 20.3 Å². The molecule has 0 aromatic heterocycles. The van der Waals surface area contributed by atoms with Crippen molar-refractivity contribution in [2.24, 2.45) is 0 Å². The zero-order chi connectivity index (χ0) is 14.8. The molecule has 0 radical (unpaired) electrons. The number of fused-ring (bicyclic) bond motifs is 1. The van der Waals surface area contributed by atoms with Gasteiger partial charge in [-0.3, -0.25) is 4.79 Å². The largest absolute Gasteiger partial charge is 0.330 e. The Kier molecular flexibility index (Phi) is 3.98. The molecule has 2 atom stereocenters. The summed E-state index contributed by atoms with van der Waals surface area (Å²) in [5, 5.41) is -0.499. The average Bonchev–Trinajstić information content (AvgIpc) is 2.53. The second kappa shape index (κ2) is 5.90. The molecule has 1 amide bonds. The summed E-state index contributed by atoms with van der Waals surface area (Å²) in [6.45, 7) is 2.46. The predicted molar refractivity (Wildman–Crippen MR) is 85.5 cm³/mol. The maximum Gasteiger partial charge on any atom is 0.241 e. The molecule has 3 heteroatoms. The highest BCUT2D eigenvalue weighted by atomic mass is 35.5. The average molecular weight is 300 g/mol. The molecule has 2 unspecified atom stereocenters. The highest BCUT2D eigenvalue weighted by molar-refractivity contribution is 6.30. The highest BCUT2D eigenvalue weighted by Gasteiger charge is 2.33. The number of carbonyl (C=O) groups excluding carboxylic acids is 1. The molecule has 1 heterocycles. The zero-order valence-electron chi connectivity index (χ0n) is 12.0. The first-order valence-corrected chi connectivity index (χ1v) is 7.69. The quantitative estimate of drug-likeness (QED) is 0.773. The van der Waals surface area contributed by atoms with Gasteiger partial charge >= 0.3 is 0 Å². The number of nitrogens with zero attached hydrogens (tertiary/aromatic N) is 1. The molecule has 0 bridgehead atoms. The van der Waals surface area contributed by atoms with E-state index in [0.29, 0.717) is 6.54 Å². The molecule has 0 saturated carbocycles. The van der Waals surface area contributed by atoms with E-state index in [1.165, 1.54) is 11.1 Å². The van der Waals surface area contributed by atoms with Gasteiger partial charge in [0.2, 0.25) is 5.91 Å². The van der Waals surface area contributed by atoms with Crippen LogP contribution in [0.1, 0.15) is 29.7 Å². The fraction of sp³-hybridized carbons (Fsp3) is 0.278. The second-order valence-corrected chi connectivity index (χ2v) is 6.06. The van der Waals surface area contributed by atoms with Gasteiger partial charge in [-0.25, -0.2) is 0 Å². The summed E-state index contributed by atoms with van der Waals surface area (Å²) < 4.78 is 0. The van der Waals surface area contributed by atoms with E-state index in [9.17, 15) is 4.79 Å². The smallest absolute Gasteiger partial charge is 0.241 e. The van der Waals surface area contributed by atoms with Gasteiger partial charge in [0.1, 0.15) is 5.38 Å². The van der Waals surface area contributed by atoms with Crippen LogP contribution in [0.4, 0.5) is 0 Å². The molecule has 2 aromatic carbocycles. The summed E-state index contributed by atoms with van der Waals surface area (Å²) in [5.41, 5.74) is 3.66. The summed E-state index contributed by atoms with van der Waals surface area (Å²) >= 11 is 6.05. The van der Waals surface area contributed by atoms with Crippen LogP contribution in [0.3, 0.4) is 0 Å². The SMILES string of the molecule is CC(Cl)C(=O)N1CCc2ccccc2C1c1ccccc1. The number of halogens is 1. The summed E-state index contributed by atoms with van der Waals surface area (Å²) in [6, 6.07) is 18.5. The van der Waals surface area contributed by atoms with Crippen LogP contribution in [0, 0.1) is 0 Å². The number of rotatable bonds is 2. The van der Waals surface area contributed by atoms with Gasteiger partial charge in [-0.1, -0.05) is 54.6 Å². The zero-order valence-corrected chi connectivity index (χ0v) is 12.8. The van der Waals surface area contributed by atoms with Crippen LogP contribution < -0.4 is 0 Å². The number of benzene rings is 2. The lowest BCUT2D eigenvalue weighted by atomic mass is 9.88. The fourth-order valence-corrected chi connectivity index (χ4v) is 3.15. The number of hydrogen-bond donors (Lipinski definition) is 0. The molecule has 0 fully saturated rings. The minimum Gasteiger partial charge on any atom is -0.330 e. The molecule has 0 N–H and O–H groups in total. The Morgan fingerprint density at radius 2 is 1.81 bits per heavy atom. The van der Waals surface area contributed by atoms with Crippen LogP contribution in [0.25, 0.3) is 0 Å². The maximum atomic E-state index is 12.5. The minimum atomic E-state index is -0.499. The summed E-state index contributed by atoms with van der Waals surface area (Å²) in [4.78, 5) is 14.4. The van der Waals surface area contributed by atoms with Crippen molar-refractivity contribution < 1.29 is 4.79 Å². The molecule has 108 valence electrons. The van der Waals surface area contributed by atoms with E-state index >= 15 is 0 Å². The predicted octanol–water partition coefficient (Wildman–Crippen LogP) is 3.79. The van der Waals surface area contributed by atoms with Crippen molar-refractivity contribution in [1.82, 2.24) is 4.90 Å². The van der Waals surface area contributed by atoms with E-state index in [4.69, 9.17) is 11.6 Å².